The molecule has 0 aliphatic carbocycles. The normalized spacial score (nSPS) is 12.5. The fraction of sp³-hybridized carbons (Fsp3) is 0.950. The van der Waals surface area contributed by atoms with Crippen molar-refractivity contribution in [1.29, 1.82) is 0 Å². The highest BCUT2D eigenvalue weighted by molar-refractivity contribution is 5.77. The van der Waals surface area contributed by atoms with Crippen LogP contribution >= 0.6 is 0 Å². The van der Waals surface area contributed by atoms with Crippen LogP contribution in [0, 0.1) is 5.92 Å². The van der Waals surface area contributed by atoms with E-state index in [2.05, 4.69) is 13.8 Å². The fourth-order valence-electron chi connectivity index (χ4n) is 2.85. The van der Waals surface area contributed by atoms with Crippen molar-refractivity contribution in [1.82, 2.24) is 0 Å². The Bertz CT molecular complexity index is 222. The predicted octanol–water partition coefficient (Wildman–Crippen LogP) is 7.08. The average molecular weight is 297 g/mol. The van der Waals surface area contributed by atoms with Crippen LogP contribution in [0.3, 0.4) is 0 Å². The molecule has 1 unspecified atom stereocenters. The molecule has 0 amide bonds. The van der Waals surface area contributed by atoms with E-state index in [-0.39, 0.29) is 5.92 Å². The molecule has 1 nitrogen and oxygen atoms in total. The summed E-state index contributed by atoms with van der Waals surface area (Å²) in [6.45, 7) is 6.06. The van der Waals surface area contributed by atoms with Crippen molar-refractivity contribution in [2.24, 2.45) is 5.92 Å². The summed E-state index contributed by atoms with van der Waals surface area (Å²) >= 11 is 0. The van der Waals surface area contributed by atoms with Gasteiger partial charge in [0.2, 0.25) is 0 Å². The van der Waals surface area contributed by atoms with Gasteiger partial charge in [-0.05, 0) is 13.3 Å². The number of ketones is 1. The van der Waals surface area contributed by atoms with E-state index >= 15 is 0 Å². The lowest BCUT2D eigenvalue weighted by Crippen LogP contribution is -2.05. The number of carbonyl (C=O) groups is 1. The van der Waals surface area contributed by atoms with Gasteiger partial charge in [-0.2, -0.15) is 0 Å². The van der Waals surface area contributed by atoms with E-state index in [1.807, 2.05) is 0 Å². The second-order valence-corrected chi connectivity index (χ2v) is 6.90. The Kier molecular flexibility index (Phi) is 15.8. The number of hydrogen-bond acceptors (Lipinski definition) is 1. The molecular weight excluding hydrogens is 256 g/mol. The third-order valence-corrected chi connectivity index (χ3v) is 4.68. The summed E-state index contributed by atoms with van der Waals surface area (Å²) in [5, 5.41) is 0. The number of Topliss-reactive ketones (excluding diaryl/α,β-unsaturated/α-hetero) is 1. The van der Waals surface area contributed by atoms with Crippen molar-refractivity contribution in [2.75, 3.05) is 0 Å². The molecule has 0 aliphatic rings. The molecule has 1 atom stereocenters. The minimum absolute atomic E-state index is 0.280. The van der Waals surface area contributed by atoms with Crippen LogP contribution in [0.4, 0.5) is 0 Å². The maximum absolute atomic E-state index is 11.1. The zero-order valence-electron chi connectivity index (χ0n) is 15.1. The third kappa shape index (κ3) is 15.9. The van der Waals surface area contributed by atoms with Crippen LogP contribution in [0.2, 0.25) is 0 Å². The minimum Gasteiger partial charge on any atom is -0.300 e. The molecule has 0 heterocycles. The molecule has 0 aromatic heterocycles. The molecule has 0 radical (unpaired) electrons. The molecule has 0 saturated carbocycles. The van der Waals surface area contributed by atoms with Gasteiger partial charge < -0.3 is 0 Å². The van der Waals surface area contributed by atoms with Crippen molar-refractivity contribution in [3.8, 4) is 0 Å². The van der Waals surface area contributed by atoms with Crippen molar-refractivity contribution in [2.45, 2.75) is 117 Å². The molecule has 0 rings (SSSR count). The van der Waals surface area contributed by atoms with E-state index in [4.69, 9.17) is 0 Å². The molecule has 0 aromatic rings. The summed E-state index contributed by atoms with van der Waals surface area (Å²) in [5.41, 5.74) is 0. The molecule has 0 saturated heterocycles. The molecular formula is C20H40O. The van der Waals surface area contributed by atoms with Crippen LogP contribution < -0.4 is 0 Å². The van der Waals surface area contributed by atoms with Crippen LogP contribution in [-0.4, -0.2) is 5.78 Å². The average Bonchev–Trinajstić information content (AvgIpc) is 2.47. The molecule has 21 heavy (non-hydrogen) atoms. The maximum atomic E-state index is 11.1. The van der Waals surface area contributed by atoms with Gasteiger partial charge in [0, 0.05) is 5.92 Å². The smallest absolute Gasteiger partial charge is 0.132 e. The van der Waals surface area contributed by atoms with Crippen LogP contribution in [0.15, 0.2) is 0 Å². The quantitative estimate of drug-likeness (QED) is 0.278. The number of hydrogen-bond donors (Lipinski definition) is 0. The highest BCUT2D eigenvalue weighted by Gasteiger charge is 2.05. The minimum atomic E-state index is 0.280. The van der Waals surface area contributed by atoms with Gasteiger partial charge in [0.1, 0.15) is 5.78 Å². The maximum Gasteiger partial charge on any atom is 0.132 e. The molecule has 0 bridgehead atoms. The highest BCUT2D eigenvalue weighted by Crippen LogP contribution is 2.15. The SMILES string of the molecule is CCCCCCCCCCCCCCCCC(C)C(C)=O. The molecule has 126 valence electrons. The molecule has 0 spiro atoms. The van der Waals surface area contributed by atoms with E-state index in [1.165, 1.54) is 89.9 Å². The Morgan fingerprint density at radius 1 is 0.667 bits per heavy atom. The lowest BCUT2D eigenvalue weighted by molar-refractivity contribution is -0.120. The predicted molar refractivity (Wildman–Crippen MR) is 94.8 cm³/mol. The third-order valence-electron chi connectivity index (χ3n) is 4.68. The first-order valence-corrected chi connectivity index (χ1v) is 9.69. The van der Waals surface area contributed by atoms with Gasteiger partial charge in [0.25, 0.3) is 0 Å². The summed E-state index contributed by atoms with van der Waals surface area (Å²) in [4.78, 5) is 11.1. The van der Waals surface area contributed by atoms with Gasteiger partial charge in [-0.3, -0.25) is 4.79 Å². The summed E-state index contributed by atoms with van der Waals surface area (Å²) in [7, 11) is 0. The molecule has 0 N–H and O–H groups in total. The Labute approximate surface area is 134 Å². The zero-order valence-corrected chi connectivity index (χ0v) is 15.1. The van der Waals surface area contributed by atoms with Gasteiger partial charge >= 0.3 is 0 Å². The Hall–Kier alpha value is -0.330. The Balaban J connectivity index is 3.04. The number of rotatable bonds is 16. The molecule has 1 heteroatoms. The summed E-state index contributed by atoms with van der Waals surface area (Å²) in [6.07, 6.45) is 20.7. The van der Waals surface area contributed by atoms with Crippen molar-refractivity contribution in [3.05, 3.63) is 0 Å². The molecule has 0 aromatic carbocycles. The van der Waals surface area contributed by atoms with Crippen molar-refractivity contribution in [3.63, 3.8) is 0 Å². The second-order valence-electron chi connectivity index (χ2n) is 6.90. The Morgan fingerprint density at radius 3 is 1.33 bits per heavy atom. The van der Waals surface area contributed by atoms with Crippen LogP contribution in [0.25, 0.3) is 0 Å². The summed E-state index contributed by atoms with van der Waals surface area (Å²) < 4.78 is 0. The van der Waals surface area contributed by atoms with Crippen LogP contribution in [-0.2, 0) is 4.79 Å². The van der Waals surface area contributed by atoms with E-state index in [9.17, 15) is 4.79 Å². The Morgan fingerprint density at radius 2 is 1.00 bits per heavy atom. The van der Waals surface area contributed by atoms with Crippen LogP contribution in [0.5, 0.6) is 0 Å². The van der Waals surface area contributed by atoms with Crippen LogP contribution in [0.1, 0.15) is 117 Å². The number of carbonyl (C=O) groups excluding carboxylic acids is 1. The van der Waals surface area contributed by atoms with Gasteiger partial charge in [-0.25, -0.2) is 0 Å². The fourth-order valence-corrected chi connectivity index (χ4v) is 2.85. The van der Waals surface area contributed by atoms with E-state index in [0.717, 1.165) is 6.42 Å². The van der Waals surface area contributed by atoms with Gasteiger partial charge in [0.15, 0.2) is 0 Å². The lowest BCUT2D eigenvalue weighted by atomic mass is 9.98. The highest BCUT2D eigenvalue weighted by atomic mass is 16.1. The lowest BCUT2D eigenvalue weighted by Gasteiger charge is -2.06. The first-order valence-electron chi connectivity index (χ1n) is 9.69. The van der Waals surface area contributed by atoms with Gasteiger partial charge in [0.05, 0.1) is 0 Å². The summed E-state index contributed by atoms with van der Waals surface area (Å²) in [6, 6.07) is 0. The van der Waals surface area contributed by atoms with Gasteiger partial charge in [-0.1, -0.05) is 104 Å². The van der Waals surface area contributed by atoms with E-state index in [1.54, 1.807) is 6.92 Å². The number of unbranched alkanes of at least 4 members (excludes halogenated alkanes) is 13. The first-order chi connectivity index (χ1) is 10.2. The molecule has 0 aliphatic heterocycles. The van der Waals surface area contributed by atoms with Crippen molar-refractivity contribution < 1.29 is 4.79 Å². The zero-order chi connectivity index (χ0) is 15.8. The van der Waals surface area contributed by atoms with E-state index in [0.29, 0.717) is 5.78 Å². The monoisotopic (exact) mass is 296 g/mol. The first kappa shape index (κ1) is 20.7. The standard InChI is InChI=1S/C20H40O/c1-4-5-6-7-8-9-10-11-12-13-14-15-16-17-18-19(2)20(3)21/h19H,4-18H2,1-3H3. The molecule has 0 fully saturated rings. The van der Waals surface area contributed by atoms with Crippen molar-refractivity contribution >= 4 is 5.78 Å². The topological polar surface area (TPSA) is 17.1 Å². The largest absolute Gasteiger partial charge is 0.300 e. The van der Waals surface area contributed by atoms with Gasteiger partial charge in [-0.15, -0.1) is 0 Å². The van der Waals surface area contributed by atoms with E-state index < -0.39 is 0 Å². The summed E-state index contributed by atoms with van der Waals surface area (Å²) in [5.74, 6) is 0.632. The second kappa shape index (κ2) is 16.0.